The molecule has 0 amide bonds. The van der Waals surface area contributed by atoms with Crippen LogP contribution < -0.4 is 0 Å². The molecule has 5 atom stereocenters. The summed E-state index contributed by atoms with van der Waals surface area (Å²) in [6, 6.07) is 0.749. The Labute approximate surface area is 290 Å². The van der Waals surface area contributed by atoms with Crippen molar-refractivity contribution >= 4 is 0 Å². The van der Waals surface area contributed by atoms with Gasteiger partial charge in [-0.05, 0) is 114 Å². The topological polar surface area (TPSA) is 6.48 Å². The second-order valence-electron chi connectivity index (χ2n) is 15.3. The molecule has 2 heteroatoms. The molecule has 0 aromatic rings. The van der Waals surface area contributed by atoms with E-state index in [4.69, 9.17) is 0 Å². The molecule has 248 valence electrons. The van der Waals surface area contributed by atoms with Gasteiger partial charge in [-0.15, -0.1) is 0 Å². The van der Waals surface area contributed by atoms with Crippen molar-refractivity contribution in [3.05, 3.63) is 156 Å². The molecule has 0 saturated heterocycles. The van der Waals surface area contributed by atoms with Crippen molar-refractivity contribution < 1.29 is 0 Å². The third-order valence-corrected chi connectivity index (χ3v) is 12.5. The second kappa shape index (κ2) is 14.0. The summed E-state index contributed by atoms with van der Waals surface area (Å²) in [4.78, 5) is 5.65. The molecule has 0 aromatic carbocycles. The fraction of sp³-hybridized carbons (Fsp3) is 0.435. The Morgan fingerprint density at radius 3 is 1.96 bits per heavy atom. The molecule has 11 aliphatic carbocycles. The van der Waals surface area contributed by atoms with Crippen LogP contribution in [-0.4, -0.2) is 27.4 Å². The van der Waals surface area contributed by atoms with Crippen LogP contribution in [-0.2, 0) is 0 Å². The maximum atomic E-state index is 2.95. The van der Waals surface area contributed by atoms with Crippen molar-refractivity contribution in [2.75, 3.05) is 0 Å². The van der Waals surface area contributed by atoms with E-state index < -0.39 is 0 Å². The summed E-state index contributed by atoms with van der Waals surface area (Å²) in [7, 11) is 0. The molecule has 11 aliphatic rings. The van der Waals surface area contributed by atoms with Crippen LogP contribution in [0.3, 0.4) is 0 Å². The van der Waals surface area contributed by atoms with E-state index in [-0.39, 0.29) is 11.0 Å². The fourth-order valence-electron chi connectivity index (χ4n) is 9.85. The van der Waals surface area contributed by atoms with Crippen molar-refractivity contribution in [1.82, 2.24) is 9.80 Å². The van der Waals surface area contributed by atoms with Gasteiger partial charge in [-0.25, -0.2) is 0 Å². The van der Waals surface area contributed by atoms with Gasteiger partial charge in [0.2, 0.25) is 0 Å². The van der Waals surface area contributed by atoms with E-state index in [0.29, 0.717) is 18.0 Å². The van der Waals surface area contributed by atoms with Gasteiger partial charge >= 0.3 is 0 Å². The number of allylic oxidation sites excluding steroid dienone is 18. The summed E-state index contributed by atoms with van der Waals surface area (Å²) in [5.41, 5.74) is 7.46. The third kappa shape index (κ3) is 6.13. The standard InChI is InChI=1S/C46H54N2/c1-5-13-40(14-6-1)47(41-15-7-2-8-16-41)42-30-33-45(34-31-42)32-27-38-24-21-37(22-25-38)23-26-39-28-35-46(45,36-29-39)48(43-17-9-3-10-18-43)44-19-11-4-12-20-44/h1,3,5-7,9-11,13,15-17,19-20,23-24,26-28,30,32,37,40,43H,2,4,8,12,14,18,21-22,25,29,31,33-36H2/b26-23+,32-27+/t37?,40?,43?,45?,46-/m0/s1. The summed E-state index contributed by atoms with van der Waals surface area (Å²) in [6.45, 7) is 0. The predicted octanol–water partition coefficient (Wildman–Crippen LogP) is 11.6. The molecule has 0 aliphatic heterocycles. The average Bonchev–Trinajstić information content (AvgIpc) is 3.19. The van der Waals surface area contributed by atoms with Gasteiger partial charge in [-0.3, -0.25) is 0 Å². The lowest BCUT2D eigenvalue weighted by atomic mass is 9.56. The van der Waals surface area contributed by atoms with E-state index in [1.54, 1.807) is 11.1 Å². The normalized spacial score (nSPS) is 35.1. The lowest BCUT2D eigenvalue weighted by Gasteiger charge is -2.61. The highest BCUT2D eigenvalue weighted by Crippen LogP contribution is 2.57. The molecule has 1 spiro atoms. The lowest BCUT2D eigenvalue weighted by Crippen LogP contribution is -2.62. The Hall–Kier alpha value is -3.78. The largest absolute Gasteiger partial charge is 0.358 e. The first-order chi connectivity index (χ1) is 23.7. The van der Waals surface area contributed by atoms with Crippen LogP contribution >= 0.6 is 0 Å². The van der Waals surface area contributed by atoms with Crippen LogP contribution in [0, 0.1) is 11.3 Å². The summed E-state index contributed by atoms with van der Waals surface area (Å²) in [6.07, 6.45) is 68.8. The molecule has 0 aromatic heterocycles. The number of rotatable bonds is 6. The third-order valence-electron chi connectivity index (χ3n) is 12.5. The van der Waals surface area contributed by atoms with Gasteiger partial charge in [0.25, 0.3) is 0 Å². The van der Waals surface area contributed by atoms with Gasteiger partial charge in [0.15, 0.2) is 0 Å². The van der Waals surface area contributed by atoms with E-state index >= 15 is 0 Å². The number of hydrogen-bond acceptors (Lipinski definition) is 2. The van der Waals surface area contributed by atoms with Gasteiger partial charge in [-0.1, -0.05) is 127 Å². The highest BCUT2D eigenvalue weighted by atomic mass is 15.3. The molecule has 0 fully saturated rings. The van der Waals surface area contributed by atoms with Gasteiger partial charge in [0.05, 0.1) is 17.6 Å². The van der Waals surface area contributed by atoms with Crippen LogP contribution in [0.25, 0.3) is 0 Å². The van der Waals surface area contributed by atoms with E-state index in [2.05, 4.69) is 137 Å². The average molecular weight is 635 g/mol. The van der Waals surface area contributed by atoms with Crippen molar-refractivity contribution in [2.45, 2.75) is 114 Å². The summed E-state index contributed by atoms with van der Waals surface area (Å²) in [5, 5.41) is 0. The summed E-state index contributed by atoms with van der Waals surface area (Å²) < 4.78 is 0. The molecule has 0 N–H and O–H groups in total. The molecule has 0 radical (unpaired) electrons. The molecule has 0 saturated carbocycles. The molecule has 48 heavy (non-hydrogen) atoms. The second-order valence-corrected chi connectivity index (χ2v) is 15.3. The Morgan fingerprint density at radius 2 is 1.33 bits per heavy atom. The van der Waals surface area contributed by atoms with Gasteiger partial charge < -0.3 is 9.80 Å². The van der Waals surface area contributed by atoms with Crippen molar-refractivity contribution in [3.63, 3.8) is 0 Å². The predicted molar refractivity (Wildman–Crippen MR) is 203 cm³/mol. The van der Waals surface area contributed by atoms with E-state index in [0.717, 1.165) is 64.2 Å². The summed E-state index contributed by atoms with van der Waals surface area (Å²) >= 11 is 0. The smallest absolute Gasteiger partial charge is 0.0556 e. The van der Waals surface area contributed by atoms with Gasteiger partial charge in [0.1, 0.15) is 0 Å². The zero-order valence-corrected chi connectivity index (χ0v) is 28.9. The molecule has 11 rings (SSSR count). The molecular weight excluding hydrogens is 581 g/mol. The lowest BCUT2D eigenvalue weighted by molar-refractivity contribution is -0.0173. The highest BCUT2D eigenvalue weighted by Gasteiger charge is 2.55. The highest BCUT2D eigenvalue weighted by molar-refractivity contribution is 5.40. The Balaban J connectivity index is 1.27. The fourth-order valence-corrected chi connectivity index (χ4v) is 9.85. The van der Waals surface area contributed by atoms with E-state index in [1.165, 1.54) is 49.2 Å². The van der Waals surface area contributed by atoms with Crippen molar-refractivity contribution in [1.29, 1.82) is 0 Å². The maximum absolute atomic E-state index is 2.95. The van der Waals surface area contributed by atoms with Crippen molar-refractivity contribution in [3.8, 4) is 0 Å². The Morgan fingerprint density at radius 1 is 0.562 bits per heavy atom. The van der Waals surface area contributed by atoms with Crippen molar-refractivity contribution in [2.24, 2.45) is 11.3 Å². The molecular formula is C46H54N2. The molecule has 4 unspecified atom stereocenters. The van der Waals surface area contributed by atoms with Crippen LogP contribution in [0.2, 0.25) is 0 Å². The monoisotopic (exact) mass is 634 g/mol. The molecule has 4 bridgehead atoms. The van der Waals surface area contributed by atoms with E-state index in [9.17, 15) is 0 Å². The first kappa shape index (κ1) is 31.5. The minimum Gasteiger partial charge on any atom is -0.358 e. The van der Waals surface area contributed by atoms with Crippen LogP contribution in [0.5, 0.6) is 0 Å². The Kier molecular flexibility index (Phi) is 9.17. The SMILES string of the molecule is C1=CCC(N(C2=CCCC=C2)C2=CCC3(/C=C/C4=CCC(/C=C/C5=CC[C@]3(N(C3=CCCC=C3)C3C=CC=CC3)CC5)CC4)CC2)C=C1. The first-order valence-electron chi connectivity index (χ1n) is 19.2. The minimum atomic E-state index is -0.0223. The molecule has 0 heterocycles. The quantitative estimate of drug-likeness (QED) is 0.287. The zero-order chi connectivity index (χ0) is 32.2. The maximum Gasteiger partial charge on any atom is 0.0556 e. The first-order valence-corrected chi connectivity index (χ1v) is 19.2. The molecule has 2 nitrogen and oxygen atoms in total. The zero-order valence-electron chi connectivity index (χ0n) is 28.9. The van der Waals surface area contributed by atoms with Crippen LogP contribution in [0.1, 0.15) is 96.3 Å². The van der Waals surface area contributed by atoms with Gasteiger partial charge in [-0.2, -0.15) is 0 Å². The number of hydrogen-bond donors (Lipinski definition) is 0. The van der Waals surface area contributed by atoms with Crippen LogP contribution in [0.4, 0.5) is 0 Å². The number of nitrogens with zero attached hydrogens (tertiary/aromatic N) is 2. The van der Waals surface area contributed by atoms with Gasteiger partial charge in [0, 0.05) is 22.5 Å². The minimum absolute atomic E-state index is 0.0138. The van der Waals surface area contributed by atoms with Crippen LogP contribution in [0.15, 0.2) is 156 Å². The summed E-state index contributed by atoms with van der Waals surface area (Å²) in [5.74, 6) is 0.676. The Bertz CT molecular complexity index is 1640. The van der Waals surface area contributed by atoms with E-state index in [1.807, 2.05) is 0 Å².